The van der Waals surface area contributed by atoms with Crippen LogP contribution in [0.25, 0.3) is 0 Å². The predicted octanol–water partition coefficient (Wildman–Crippen LogP) is 3.55. The van der Waals surface area contributed by atoms with Gasteiger partial charge in [0.05, 0.1) is 12.6 Å². The number of aliphatic hydroxyl groups excluding tert-OH is 1. The largest absolute Gasteiger partial charge is 0.573 e. The second kappa shape index (κ2) is 8.39. The summed E-state index contributed by atoms with van der Waals surface area (Å²) in [6.07, 6.45) is -6.77. The van der Waals surface area contributed by atoms with Crippen molar-refractivity contribution in [3.05, 3.63) is 65.7 Å². The second-order valence-electron chi connectivity index (χ2n) is 5.08. The molecule has 0 radical (unpaired) electrons. The summed E-state index contributed by atoms with van der Waals surface area (Å²) in [6.45, 7) is -0.152. The molecule has 0 saturated heterocycles. The summed E-state index contributed by atoms with van der Waals surface area (Å²) in [5.74, 6) is -0.448. The number of nitrogens with one attached hydrogen (secondary N) is 1. The van der Waals surface area contributed by atoms with E-state index in [9.17, 15) is 23.1 Å². The van der Waals surface area contributed by atoms with E-state index in [2.05, 4.69) is 10.1 Å². The third kappa shape index (κ3) is 6.72. The van der Waals surface area contributed by atoms with Crippen LogP contribution in [0.4, 0.5) is 18.0 Å². The highest BCUT2D eigenvalue weighted by molar-refractivity contribution is 5.67. The molecule has 0 heterocycles. The van der Waals surface area contributed by atoms with Crippen molar-refractivity contribution in [1.29, 1.82) is 0 Å². The van der Waals surface area contributed by atoms with Crippen molar-refractivity contribution in [3.63, 3.8) is 0 Å². The Morgan fingerprint density at radius 1 is 1.12 bits per heavy atom. The maximum Gasteiger partial charge on any atom is 0.573 e. The zero-order valence-electron chi connectivity index (χ0n) is 13.0. The summed E-state index contributed by atoms with van der Waals surface area (Å²) in [4.78, 5) is 11.6. The van der Waals surface area contributed by atoms with Crippen molar-refractivity contribution in [2.45, 2.75) is 19.1 Å². The van der Waals surface area contributed by atoms with Crippen LogP contribution in [0.3, 0.4) is 0 Å². The van der Waals surface area contributed by atoms with Crippen LogP contribution in [-0.2, 0) is 11.3 Å². The standard InChI is InChI=1S/C17H16F3NO4/c18-17(19,20)25-14-8-4-7-13(9-14)15(22)10-21-16(23)24-11-12-5-2-1-3-6-12/h1-9,15,22H,10-11H2,(H,21,23). The third-order valence-electron chi connectivity index (χ3n) is 3.13. The minimum Gasteiger partial charge on any atom is -0.445 e. The zero-order valence-corrected chi connectivity index (χ0v) is 13.0. The van der Waals surface area contributed by atoms with Crippen molar-refractivity contribution in [1.82, 2.24) is 5.32 Å². The van der Waals surface area contributed by atoms with Crippen LogP contribution in [0, 0.1) is 0 Å². The maximum absolute atomic E-state index is 12.2. The lowest BCUT2D eigenvalue weighted by Gasteiger charge is -2.14. The number of alkyl halides is 3. The van der Waals surface area contributed by atoms with Crippen molar-refractivity contribution in [2.24, 2.45) is 0 Å². The molecule has 134 valence electrons. The number of alkyl carbamates (subject to hydrolysis) is 1. The average molecular weight is 355 g/mol. The van der Waals surface area contributed by atoms with E-state index >= 15 is 0 Å². The van der Waals surface area contributed by atoms with E-state index in [-0.39, 0.29) is 18.7 Å². The Kier molecular flexibility index (Phi) is 6.24. The van der Waals surface area contributed by atoms with E-state index < -0.39 is 24.3 Å². The Balaban J connectivity index is 1.82. The number of aliphatic hydroxyl groups is 1. The number of halogens is 3. The molecule has 1 unspecified atom stereocenters. The molecule has 2 N–H and O–H groups in total. The van der Waals surface area contributed by atoms with E-state index in [4.69, 9.17) is 4.74 Å². The van der Waals surface area contributed by atoms with Crippen LogP contribution in [0.5, 0.6) is 5.75 Å². The lowest BCUT2D eigenvalue weighted by atomic mass is 10.1. The molecular weight excluding hydrogens is 339 g/mol. The molecule has 5 nitrogen and oxygen atoms in total. The first-order chi connectivity index (χ1) is 11.8. The number of benzene rings is 2. The molecule has 0 fully saturated rings. The van der Waals surface area contributed by atoms with Crippen LogP contribution < -0.4 is 10.1 Å². The molecule has 0 spiro atoms. The summed E-state index contributed by atoms with van der Waals surface area (Å²) < 4.78 is 45.3. The highest BCUT2D eigenvalue weighted by atomic mass is 19.4. The first-order valence-electron chi connectivity index (χ1n) is 7.32. The molecule has 0 bridgehead atoms. The Labute approximate surface area is 142 Å². The molecule has 8 heteroatoms. The topological polar surface area (TPSA) is 67.8 Å². The highest BCUT2D eigenvalue weighted by Crippen LogP contribution is 2.25. The van der Waals surface area contributed by atoms with E-state index in [1.165, 1.54) is 12.1 Å². The van der Waals surface area contributed by atoms with Crippen molar-refractivity contribution >= 4 is 6.09 Å². The maximum atomic E-state index is 12.2. The van der Waals surface area contributed by atoms with E-state index in [1.807, 2.05) is 6.07 Å². The molecule has 0 aliphatic rings. The highest BCUT2D eigenvalue weighted by Gasteiger charge is 2.31. The minimum absolute atomic E-state index is 0.0671. The fourth-order valence-corrected chi connectivity index (χ4v) is 1.99. The molecule has 2 rings (SSSR count). The Bertz CT molecular complexity index is 692. The number of carbonyl (C=O) groups is 1. The van der Waals surface area contributed by atoms with Gasteiger partial charge in [-0.3, -0.25) is 0 Å². The van der Waals surface area contributed by atoms with Gasteiger partial charge in [0.25, 0.3) is 0 Å². The second-order valence-corrected chi connectivity index (χ2v) is 5.08. The summed E-state index contributed by atoms with van der Waals surface area (Å²) in [7, 11) is 0. The average Bonchev–Trinajstić information content (AvgIpc) is 2.57. The van der Waals surface area contributed by atoms with Crippen molar-refractivity contribution in [2.75, 3.05) is 6.54 Å². The number of hydrogen-bond donors (Lipinski definition) is 2. The van der Waals surface area contributed by atoms with Gasteiger partial charge in [-0.1, -0.05) is 42.5 Å². The van der Waals surface area contributed by atoms with Gasteiger partial charge in [0.2, 0.25) is 0 Å². The van der Waals surface area contributed by atoms with Crippen molar-refractivity contribution < 1.29 is 32.5 Å². The summed E-state index contributed by atoms with van der Waals surface area (Å²) >= 11 is 0. The smallest absolute Gasteiger partial charge is 0.445 e. The quantitative estimate of drug-likeness (QED) is 0.832. The SMILES string of the molecule is O=C(NCC(O)c1cccc(OC(F)(F)F)c1)OCc1ccccc1. The number of rotatable bonds is 6. The molecule has 0 aromatic heterocycles. The first kappa shape index (κ1) is 18.6. The van der Waals surface area contributed by atoms with Gasteiger partial charge in [0, 0.05) is 0 Å². The summed E-state index contributed by atoms with van der Waals surface area (Å²) in [6, 6.07) is 13.9. The lowest BCUT2D eigenvalue weighted by Crippen LogP contribution is -2.29. The fourth-order valence-electron chi connectivity index (χ4n) is 1.99. The van der Waals surface area contributed by atoms with Crippen LogP contribution in [0.2, 0.25) is 0 Å². The molecule has 0 saturated carbocycles. The molecular formula is C17H16F3NO4. The molecule has 0 aliphatic carbocycles. The van der Waals surface area contributed by atoms with Crippen LogP contribution in [0.15, 0.2) is 54.6 Å². The van der Waals surface area contributed by atoms with Crippen LogP contribution >= 0.6 is 0 Å². The molecule has 2 aromatic carbocycles. The van der Waals surface area contributed by atoms with Gasteiger partial charge in [0.15, 0.2) is 0 Å². The molecule has 0 aliphatic heterocycles. The zero-order chi connectivity index (χ0) is 18.3. The normalized spacial score (nSPS) is 12.3. The van der Waals surface area contributed by atoms with Crippen LogP contribution in [-0.4, -0.2) is 24.1 Å². The summed E-state index contributed by atoms with van der Waals surface area (Å²) in [5, 5.41) is 12.3. The van der Waals surface area contributed by atoms with Gasteiger partial charge in [-0.25, -0.2) is 4.79 Å². The monoisotopic (exact) mass is 355 g/mol. The van der Waals surface area contributed by atoms with Gasteiger partial charge < -0.3 is 19.9 Å². The molecule has 1 amide bonds. The molecule has 2 aromatic rings. The number of ether oxygens (including phenoxy) is 2. The minimum atomic E-state index is -4.82. The Morgan fingerprint density at radius 2 is 1.84 bits per heavy atom. The van der Waals surface area contributed by atoms with Crippen LogP contribution in [0.1, 0.15) is 17.2 Å². The predicted molar refractivity (Wildman–Crippen MR) is 82.7 cm³/mol. The van der Waals surface area contributed by atoms with Gasteiger partial charge >= 0.3 is 12.5 Å². The third-order valence-corrected chi connectivity index (χ3v) is 3.13. The Morgan fingerprint density at radius 3 is 2.52 bits per heavy atom. The van der Waals surface area contributed by atoms with E-state index in [1.54, 1.807) is 24.3 Å². The van der Waals surface area contributed by atoms with Gasteiger partial charge in [-0.05, 0) is 23.3 Å². The first-order valence-corrected chi connectivity index (χ1v) is 7.32. The number of carbonyl (C=O) groups excluding carboxylic acids is 1. The molecule has 25 heavy (non-hydrogen) atoms. The summed E-state index contributed by atoms with van der Waals surface area (Å²) in [5.41, 5.74) is 0.973. The van der Waals surface area contributed by atoms with Gasteiger partial charge in [0.1, 0.15) is 12.4 Å². The molecule has 1 atom stereocenters. The van der Waals surface area contributed by atoms with E-state index in [0.29, 0.717) is 0 Å². The number of hydrogen-bond acceptors (Lipinski definition) is 4. The van der Waals surface area contributed by atoms with Crippen molar-refractivity contribution in [3.8, 4) is 5.75 Å². The fraction of sp³-hybridized carbons (Fsp3) is 0.235. The lowest BCUT2D eigenvalue weighted by molar-refractivity contribution is -0.274. The number of amides is 1. The van der Waals surface area contributed by atoms with Gasteiger partial charge in [-0.2, -0.15) is 0 Å². The Hall–Kier alpha value is -2.74. The van der Waals surface area contributed by atoms with Gasteiger partial charge in [-0.15, -0.1) is 13.2 Å². The van der Waals surface area contributed by atoms with E-state index in [0.717, 1.165) is 17.7 Å².